The van der Waals surface area contributed by atoms with Crippen LogP contribution in [0.4, 0.5) is 5.82 Å². The highest BCUT2D eigenvalue weighted by molar-refractivity contribution is 6.24. The topological polar surface area (TPSA) is 66.9 Å². The summed E-state index contributed by atoms with van der Waals surface area (Å²) in [6.45, 7) is 1.25. The third-order valence-electron chi connectivity index (χ3n) is 5.75. The molecule has 0 radical (unpaired) electrons. The van der Waals surface area contributed by atoms with Crippen LogP contribution >= 0.6 is 11.6 Å². The van der Waals surface area contributed by atoms with Gasteiger partial charge in [0.15, 0.2) is 0 Å². The molecule has 2 N–H and O–H groups in total. The summed E-state index contributed by atoms with van der Waals surface area (Å²) in [7, 11) is 0. The quantitative estimate of drug-likeness (QED) is 0.641. The van der Waals surface area contributed by atoms with Crippen molar-refractivity contribution in [1.82, 2.24) is 15.3 Å². The maximum Gasteiger partial charge on any atom is 0.226 e. The average molecular weight is 335 g/mol. The van der Waals surface area contributed by atoms with E-state index in [-0.39, 0.29) is 16.2 Å². The molecular weight excluding hydrogens is 312 g/mol. The van der Waals surface area contributed by atoms with Gasteiger partial charge in [-0.3, -0.25) is 9.78 Å². The molecule has 4 aliphatic rings. The summed E-state index contributed by atoms with van der Waals surface area (Å²) >= 11 is 6.80. The summed E-state index contributed by atoms with van der Waals surface area (Å²) in [6, 6.07) is 0. The average Bonchev–Trinajstić information content (AvgIpc) is 2.50. The SMILES string of the molecule is O=C(NCCNc1cnccn1)C12CC3CC(CC(Cl)(C3)C1)C2. The molecule has 1 amide bonds. The number of nitrogens with one attached hydrogen (secondary N) is 2. The summed E-state index contributed by atoms with van der Waals surface area (Å²) in [5.74, 6) is 2.24. The first-order chi connectivity index (χ1) is 11.1. The van der Waals surface area contributed by atoms with Crippen LogP contribution in [0.1, 0.15) is 38.5 Å². The predicted octanol–water partition coefficient (Wildman–Crippen LogP) is 2.58. The second kappa shape index (κ2) is 5.62. The minimum atomic E-state index is -0.210. The third-order valence-corrected chi connectivity index (χ3v) is 6.19. The van der Waals surface area contributed by atoms with Gasteiger partial charge in [-0.25, -0.2) is 4.98 Å². The molecule has 1 heterocycles. The van der Waals surface area contributed by atoms with Crippen LogP contribution in [0.15, 0.2) is 18.6 Å². The van der Waals surface area contributed by atoms with E-state index < -0.39 is 0 Å². The number of anilines is 1. The Labute approximate surface area is 141 Å². The predicted molar refractivity (Wildman–Crippen MR) is 89.2 cm³/mol. The Kier molecular flexibility index (Phi) is 3.71. The molecule has 4 aliphatic carbocycles. The van der Waals surface area contributed by atoms with Gasteiger partial charge in [0, 0.05) is 30.4 Å². The Bertz CT molecular complexity index is 580. The molecule has 2 unspecified atom stereocenters. The molecule has 124 valence electrons. The van der Waals surface area contributed by atoms with Crippen molar-refractivity contribution in [3.8, 4) is 0 Å². The largest absolute Gasteiger partial charge is 0.367 e. The van der Waals surface area contributed by atoms with Crippen molar-refractivity contribution in [3.63, 3.8) is 0 Å². The number of alkyl halides is 1. The van der Waals surface area contributed by atoms with Gasteiger partial charge in [0.05, 0.1) is 11.6 Å². The summed E-state index contributed by atoms with van der Waals surface area (Å²) in [4.78, 5) is 20.9. The van der Waals surface area contributed by atoms with E-state index in [1.807, 2.05) is 0 Å². The summed E-state index contributed by atoms with van der Waals surface area (Å²) < 4.78 is 0. The van der Waals surface area contributed by atoms with Crippen LogP contribution < -0.4 is 10.6 Å². The minimum Gasteiger partial charge on any atom is -0.367 e. The van der Waals surface area contributed by atoms with Crippen molar-refractivity contribution in [3.05, 3.63) is 18.6 Å². The van der Waals surface area contributed by atoms with Gasteiger partial charge >= 0.3 is 0 Å². The second-order valence-electron chi connectivity index (χ2n) is 7.67. The lowest BCUT2D eigenvalue weighted by Crippen LogP contribution is -2.58. The molecule has 0 aromatic carbocycles. The fraction of sp³-hybridized carbons (Fsp3) is 0.706. The zero-order valence-electron chi connectivity index (χ0n) is 13.2. The van der Waals surface area contributed by atoms with E-state index in [4.69, 9.17) is 11.6 Å². The van der Waals surface area contributed by atoms with Gasteiger partial charge in [-0.15, -0.1) is 11.6 Å². The summed E-state index contributed by atoms with van der Waals surface area (Å²) in [6.07, 6.45) is 11.4. The Hall–Kier alpha value is -1.36. The molecule has 0 spiro atoms. The zero-order chi connectivity index (χ0) is 15.9. The number of rotatable bonds is 5. The third kappa shape index (κ3) is 2.91. The maximum atomic E-state index is 12.8. The molecule has 1 aromatic heterocycles. The maximum absolute atomic E-state index is 12.8. The van der Waals surface area contributed by atoms with Crippen molar-refractivity contribution < 1.29 is 4.79 Å². The number of aromatic nitrogens is 2. The number of hydrogen-bond donors (Lipinski definition) is 2. The first-order valence-corrected chi connectivity index (χ1v) is 8.92. The van der Waals surface area contributed by atoms with Crippen LogP contribution in [-0.2, 0) is 4.79 Å². The van der Waals surface area contributed by atoms with Crippen LogP contribution in [0.3, 0.4) is 0 Å². The zero-order valence-corrected chi connectivity index (χ0v) is 14.0. The fourth-order valence-corrected chi connectivity index (χ4v) is 6.05. The van der Waals surface area contributed by atoms with E-state index in [1.54, 1.807) is 18.6 Å². The number of carbonyl (C=O) groups excluding carboxylic acids is 1. The number of amides is 1. The molecule has 4 fully saturated rings. The highest BCUT2D eigenvalue weighted by Crippen LogP contribution is 2.63. The Balaban J connectivity index is 1.32. The van der Waals surface area contributed by atoms with Gasteiger partial charge in [0.2, 0.25) is 5.91 Å². The van der Waals surface area contributed by atoms with Gasteiger partial charge in [-0.05, 0) is 50.4 Å². The summed E-state index contributed by atoms with van der Waals surface area (Å²) in [5.41, 5.74) is -0.210. The smallest absolute Gasteiger partial charge is 0.226 e. The molecule has 5 rings (SSSR count). The van der Waals surface area contributed by atoms with Gasteiger partial charge < -0.3 is 10.6 Å². The highest BCUT2D eigenvalue weighted by atomic mass is 35.5. The van der Waals surface area contributed by atoms with Gasteiger partial charge in [-0.2, -0.15) is 0 Å². The van der Waals surface area contributed by atoms with Crippen molar-refractivity contribution in [2.75, 3.05) is 18.4 Å². The molecule has 1 aromatic rings. The Morgan fingerprint density at radius 1 is 1.22 bits per heavy atom. The molecule has 4 bridgehead atoms. The van der Waals surface area contributed by atoms with Gasteiger partial charge in [0.25, 0.3) is 0 Å². The van der Waals surface area contributed by atoms with Gasteiger partial charge in [0.1, 0.15) is 5.82 Å². The number of nitrogens with zero attached hydrogens (tertiary/aromatic N) is 2. The Morgan fingerprint density at radius 2 is 2.00 bits per heavy atom. The normalized spacial score (nSPS) is 37.6. The van der Waals surface area contributed by atoms with Crippen molar-refractivity contribution in [1.29, 1.82) is 0 Å². The van der Waals surface area contributed by atoms with Crippen LogP contribution in [0.25, 0.3) is 0 Å². The second-order valence-corrected chi connectivity index (χ2v) is 8.47. The van der Waals surface area contributed by atoms with E-state index in [0.29, 0.717) is 24.9 Å². The van der Waals surface area contributed by atoms with E-state index in [1.165, 1.54) is 6.42 Å². The molecule has 4 saturated carbocycles. The van der Waals surface area contributed by atoms with Gasteiger partial charge in [-0.1, -0.05) is 0 Å². The van der Waals surface area contributed by atoms with E-state index >= 15 is 0 Å². The molecule has 0 saturated heterocycles. The number of halogens is 1. The molecule has 23 heavy (non-hydrogen) atoms. The molecular formula is C17H23ClN4O. The highest BCUT2D eigenvalue weighted by Gasteiger charge is 2.59. The molecule has 2 atom stereocenters. The van der Waals surface area contributed by atoms with Crippen LogP contribution in [0.5, 0.6) is 0 Å². The van der Waals surface area contributed by atoms with E-state index in [9.17, 15) is 4.79 Å². The van der Waals surface area contributed by atoms with Crippen LogP contribution in [0, 0.1) is 17.3 Å². The lowest BCUT2D eigenvalue weighted by Gasteiger charge is -2.59. The number of hydrogen-bond acceptors (Lipinski definition) is 4. The summed E-state index contributed by atoms with van der Waals surface area (Å²) in [5, 5.41) is 6.29. The molecule has 6 heteroatoms. The lowest BCUT2D eigenvalue weighted by atomic mass is 9.49. The van der Waals surface area contributed by atoms with E-state index in [0.717, 1.165) is 37.9 Å². The van der Waals surface area contributed by atoms with Crippen molar-refractivity contribution in [2.45, 2.75) is 43.4 Å². The van der Waals surface area contributed by atoms with Crippen LogP contribution in [0.2, 0.25) is 0 Å². The monoisotopic (exact) mass is 334 g/mol. The standard InChI is InChI=1S/C17H23ClN4O/c18-17-8-12-5-13(9-17)7-16(6-12,11-17)15(23)22-4-3-21-14-10-19-1-2-20-14/h1-2,10,12-13H,3-9,11H2,(H,20,21)(H,22,23). The Morgan fingerprint density at radius 3 is 2.65 bits per heavy atom. The fourth-order valence-electron chi connectivity index (χ4n) is 5.36. The molecule has 0 aliphatic heterocycles. The van der Waals surface area contributed by atoms with E-state index in [2.05, 4.69) is 20.6 Å². The number of carbonyl (C=O) groups is 1. The van der Waals surface area contributed by atoms with Crippen molar-refractivity contribution in [2.24, 2.45) is 17.3 Å². The first-order valence-electron chi connectivity index (χ1n) is 8.54. The van der Waals surface area contributed by atoms with Crippen LogP contribution in [-0.4, -0.2) is 33.8 Å². The van der Waals surface area contributed by atoms with Crippen molar-refractivity contribution >= 4 is 23.3 Å². The molecule has 5 nitrogen and oxygen atoms in total. The minimum absolute atomic E-state index is 0.112. The first kappa shape index (κ1) is 15.2. The lowest BCUT2D eigenvalue weighted by molar-refractivity contribution is -0.144.